The molecule has 4 aromatic carbocycles. The van der Waals surface area contributed by atoms with Crippen molar-refractivity contribution in [3.63, 3.8) is 0 Å². The van der Waals surface area contributed by atoms with Crippen molar-refractivity contribution >= 4 is 10.8 Å². The van der Waals surface area contributed by atoms with Gasteiger partial charge >= 0.3 is 0 Å². The lowest BCUT2D eigenvalue weighted by atomic mass is 9.98. The number of rotatable bonds is 6. The Kier molecular flexibility index (Phi) is 8.27. The summed E-state index contributed by atoms with van der Waals surface area (Å²) < 4.78 is 17.5. The number of methoxy groups -OCH3 is 2. The maximum atomic E-state index is 6.35. The Bertz CT molecular complexity index is 1330. The van der Waals surface area contributed by atoms with E-state index in [9.17, 15) is 0 Å². The molecule has 1 unspecified atom stereocenters. The van der Waals surface area contributed by atoms with E-state index < -0.39 is 0 Å². The van der Waals surface area contributed by atoms with Crippen molar-refractivity contribution in [1.29, 1.82) is 0 Å². The van der Waals surface area contributed by atoms with Gasteiger partial charge in [0.05, 0.1) is 14.2 Å². The first-order chi connectivity index (χ1) is 18.2. The Balaban J connectivity index is 1.29. The molecule has 1 heterocycles. The maximum Gasteiger partial charge on any atom is 0.169 e. The molecule has 0 radical (unpaired) electrons. The van der Waals surface area contributed by atoms with Gasteiger partial charge in [-0.3, -0.25) is 0 Å². The first kappa shape index (κ1) is 25.2. The fourth-order valence-corrected chi connectivity index (χ4v) is 5.26. The molecule has 4 bridgehead atoms. The molecule has 1 N–H and O–H groups in total. The lowest BCUT2D eigenvalue weighted by Crippen LogP contribution is -2.31. The highest BCUT2D eigenvalue weighted by molar-refractivity contribution is 5.83. The molecule has 4 aromatic rings. The van der Waals surface area contributed by atoms with Crippen molar-refractivity contribution in [3.8, 4) is 23.0 Å². The zero-order valence-electron chi connectivity index (χ0n) is 22.0. The molecule has 37 heavy (non-hydrogen) atoms. The van der Waals surface area contributed by atoms with Crippen LogP contribution < -0.4 is 19.5 Å². The summed E-state index contributed by atoms with van der Waals surface area (Å²) in [6.45, 7) is 0.988. The van der Waals surface area contributed by atoms with Gasteiger partial charge in [0, 0.05) is 6.04 Å². The second-order valence-corrected chi connectivity index (χ2v) is 9.94. The third-order valence-electron chi connectivity index (χ3n) is 7.39. The van der Waals surface area contributed by atoms with E-state index in [2.05, 4.69) is 72.0 Å². The summed E-state index contributed by atoms with van der Waals surface area (Å²) in [5.74, 6) is 2.93. The summed E-state index contributed by atoms with van der Waals surface area (Å²) in [7, 11) is 3.37. The average Bonchev–Trinajstić information content (AvgIpc) is 2.93. The lowest BCUT2D eigenvalue weighted by Gasteiger charge is -2.21. The first-order valence-corrected chi connectivity index (χ1v) is 13.4. The number of benzene rings is 4. The van der Waals surface area contributed by atoms with Crippen molar-refractivity contribution in [2.75, 3.05) is 20.8 Å². The predicted octanol–water partition coefficient (Wildman–Crippen LogP) is 7.51. The molecule has 4 nitrogen and oxygen atoms in total. The minimum atomic E-state index is 0.487. The van der Waals surface area contributed by atoms with Gasteiger partial charge < -0.3 is 19.5 Å². The van der Waals surface area contributed by atoms with E-state index in [4.69, 9.17) is 14.2 Å². The summed E-state index contributed by atoms with van der Waals surface area (Å²) in [6, 6.07) is 28.4. The van der Waals surface area contributed by atoms with Gasteiger partial charge in [-0.25, -0.2) is 0 Å². The second kappa shape index (κ2) is 12.2. The second-order valence-electron chi connectivity index (χ2n) is 9.94. The molecule has 0 aliphatic carbocycles. The van der Waals surface area contributed by atoms with E-state index in [1.807, 2.05) is 12.1 Å². The van der Waals surface area contributed by atoms with Crippen LogP contribution in [0.25, 0.3) is 10.8 Å². The minimum absolute atomic E-state index is 0.487. The summed E-state index contributed by atoms with van der Waals surface area (Å²) in [4.78, 5) is 0. The van der Waals surface area contributed by atoms with Crippen LogP contribution in [0.2, 0.25) is 0 Å². The quantitative estimate of drug-likeness (QED) is 0.300. The van der Waals surface area contributed by atoms with E-state index in [1.54, 1.807) is 14.2 Å². The van der Waals surface area contributed by atoms with Gasteiger partial charge in [-0.05, 0) is 96.8 Å². The van der Waals surface area contributed by atoms with Crippen LogP contribution in [0.4, 0.5) is 0 Å². The van der Waals surface area contributed by atoms with Crippen LogP contribution >= 0.6 is 0 Å². The molecule has 1 aliphatic heterocycles. The zero-order chi connectivity index (χ0) is 25.5. The van der Waals surface area contributed by atoms with Crippen molar-refractivity contribution < 1.29 is 14.2 Å². The zero-order valence-corrected chi connectivity index (χ0v) is 22.0. The third kappa shape index (κ3) is 6.44. The van der Waals surface area contributed by atoms with Crippen LogP contribution in [-0.2, 0) is 19.3 Å². The summed E-state index contributed by atoms with van der Waals surface area (Å²) in [6.07, 6.45) is 7.69. The Morgan fingerprint density at radius 2 is 1.43 bits per heavy atom. The van der Waals surface area contributed by atoms with Crippen molar-refractivity contribution in [2.45, 2.75) is 51.0 Å². The van der Waals surface area contributed by atoms with Gasteiger partial charge in [-0.15, -0.1) is 0 Å². The molecule has 0 spiro atoms. The third-order valence-corrected chi connectivity index (χ3v) is 7.39. The van der Waals surface area contributed by atoms with E-state index in [0.717, 1.165) is 61.6 Å². The van der Waals surface area contributed by atoms with Gasteiger partial charge in [0.15, 0.2) is 23.0 Å². The molecule has 0 saturated carbocycles. The molecule has 192 valence electrons. The van der Waals surface area contributed by atoms with E-state index >= 15 is 0 Å². The molecular formula is C33H37NO3. The Morgan fingerprint density at radius 1 is 0.730 bits per heavy atom. The number of hydrogen-bond donors (Lipinski definition) is 1. The first-order valence-electron chi connectivity index (χ1n) is 13.4. The van der Waals surface area contributed by atoms with E-state index in [1.165, 1.54) is 40.3 Å². The van der Waals surface area contributed by atoms with Crippen LogP contribution in [0.3, 0.4) is 0 Å². The highest BCUT2D eigenvalue weighted by Gasteiger charge is 2.15. The monoisotopic (exact) mass is 495 g/mol. The topological polar surface area (TPSA) is 39.7 Å². The van der Waals surface area contributed by atoms with Crippen LogP contribution in [0.5, 0.6) is 23.0 Å². The van der Waals surface area contributed by atoms with Crippen molar-refractivity contribution in [2.24, 2.45) is 0 Å². The number of ether oxygens (including phenoxy) is 3. The molecule has 0 fully saturated rings. The van der Waals surface area contributed by atoms with Crippen LogP contribution in [0, 0.1) is 0 Å². The highest BCUT2D eigenvalue weighted by atomic mass is 16.5. The number of fused-ring (bicyclic) bond motifs is 5. The summed E-state index contributed by atoms with van der Waals surface area (Å²) in [5.41, 5.74) is 3.91. The van der Waals surface area contributed by atoms with E-state index in [0.29, 0.717) is 6.04 Å². The van der Waals surface area contributed by atoms with Gasteiger partial charge in [-0.2, -0.15) is 0 Å². The average molecular weight is 496 g/mol. The SMILES string of the molecule is COc1ccc2cc1Oc1cc(ccc1OC)CCC(NCCc1ccc3ccccc3c1)CCCC2. The minimum Gasteiger partial charge on any atom is -0.493 e. The van der Waals surface area contributed by atoms with Crippen molar-refractivity contribution in [1.82, 2.24) is 5.32 Å². The molecule has 0 saturated heterocycles. The molecule has 1 aliphatic rings. The van der Waals surface area contributed by atoms with Crippen LogP contribution in [0.1, 0.15) is 42.4 Å². The summed E-state index contributed by atoms with van der Waals surface area (Å²) >= 11 is 0. The maximum absolute atomic E-state index is 6.35. The Hall–Kier alpha value is -3.50. The number of aryl methyl sites for hydroxylation is 2. The Labute approximate surface area is 220 Å². The Morgan fingerprint density at radius 3 is 2.16 bits per heavy atom. The predicted molar refractivity (Wildman–Crippen MR) is 151 cm³/mol. The molecule has 0 amide bonds. The fourth-order valence-electron chi connectivity index (χ4n) is 5.26. The molecule has 4 heteroatoms. The highest BCUT2D eigenvalue weighted by Crippen LogP contribution is 2.38. The number of hydrogen-bond acceptors (Lipinski definition) is 4. The standard InChI is InChI=1S/C33H37NO3/c1-35-30-17-13-24-7-3-6-10-29(34-20-19-26-11-15-27-8-4-5-9-28(27)21-26)16-12-25-14-18-31(36-2)33(23-25)37-32(30)22-24/h4-5,8-9,11,13-15,17-18,21-23,29,34H,3,6-7,10,12,16,19-20H2,1-2H3. The lowest BCUT2D eigenvalue weighted by molar-refractivity contribution is 0.355. The molecule has 1 atom stereocenters. The molecule has 5 rings (SSSR count). The summed E-state index contributed by atoms with van der Waals surface area (Å²) in [5, 5.41) is 6.50. The van der Waals surface area contributed by atoms with Gasteiger partial charge in [0.2, 0.25) is 0 Å². The number of nitrogens with one attached hydrogen (secondary N) is 1. The van der Waals surface area contributed by atoms with Gasteiger partial charge in [-0.1, -0.05) is 61.0 Å². The normalized spacial score (nSPS) is 16.0. The largest absolute Gasteiger partial charge is 0.493 e. The van der Waals surface area contributed by atoms with Crippen LogP contribution in [0.15, 0.2) is 78.9 Å². The molecular weight excluding hydrogens is 458 g/mol. The van der Waals surface area contributed by atoms with E-state index in [-0.39, 0.29) is 0 Å². The fraction of sp³-hybridized carbons (Fsp3) is 0.333. The molecule has 0 aromatic heterocycles. The van der Waals surface area contributed by atoms with Crippen LogP contribution in [-0.4, -0.2) is 26.8 Å². The smallest absolute Gasteiger partial charge is 0.169 e. The van der Waals surface area contributed by atoms with Crippen molar-refractivity contribution in [3.05, 3.63) is 95.6 Å². The van der Waals surface area contributed by atoms with Gasteiger partial charge in [0.1, 0.15) is 0 Å². The van der Waals surface area contributed by atoms with Gasteiger partial charge in [0.25, 0.3) is 0 Å².